The predicted octanol–water partition coefficient (Wildman–Crippen LogP) is 0.103. The van der Waals surface area contributed by atoms with Crippen molar-refractivity contribution in [3.8, 4) is 0 Å². The molecule has 0 amide bonds. The first-order chi connectivity index (χ1) is 6.91. The molecule has 1 aliphatic heterocycles. The van der Waals surface area contributed by atoms with Gasteiger partial charge in [0.15, 0.2) is 9.84 Å². The van der Waals surface area contributed by atoms with Gasteiger partial charge >= 0.3 is 0 Å². The third-order valence-corrected chi connectivity index (χ3v) is 4.43. The van der Waals surface area contributed by atoms with Crippen molar-refractivity contribution in [1.29, 1.82) is 0 Å². The second-order valence-corrected chi connectivity index (χ2v) is 6.90. The lowest BCUT2D eigenvalue weighted by molar-refractivity contribution is 0.218. The molecule has 0 aromatic rings. The van der Waals surface area contributed by atoms with Gasteiger partial charge in [0.2, 0.25) is 0 Å². The summed E-state index contributed by atoms with van der Waals surface area (Å²) in [6, 6.07) is 0.906. The number of nitrogens with zero attached hydrogens (tertiary/aromatic N) is 1. The van der Waals surface area contributed by atoms with Crippen molar-refractivity contribution in [2.75, 3.05) is 31.1 Å². The van der Waals surface area contributed by atoms with E-state index in [9.17, 15) is 8.42 Å². The minimum atomic E-state index is -2.74. The number of nitrogens with one attached hydrogen (secondary N) is 1. The normalized spacial score (nSPS) is 24.3. The number of hydrogen-bond donors (Lipinski definition) is 1. The van der Waals surface area contributed by atoms with Crippen molar-refractivity contribution in [3.05, 3.63) is 0 Å². The molecule has 1 atom stereocenters. The van der Waals surface area contributed by atoms with E-state index >= 15 is 0 Å². The molecule has 1 heterocycles. The summed E-state index contributed by atoms with van der Waals surface area (Å²) in [5.74, 6) is 0.637. The second-order valence-electron chi connectivity index (χ2n) is 4.60. The molecule has 90 valence electrons. The largest absolute Gasteiger partial charge is 0.313 e. The van der Waals surface area contributed by atoms with Gasteiger partial charge in [-0.1, -0.05) is 13.8 Å². The minimum absolute atomic E-state index is 0.318. The Morgan fingerprint density at radius 2 is 1.73 bits per heavy atom. The number of rotatable bonds is 4. The van der Waals surface area contributed by atoms with Crippen molar-refractivity contribution in [2.24, 2.45) is 0 Å². The van der Waals surface area contributed by atoms with Crippen LogP contribution in [0, 0.1) is 0 Å². The van der Waals surface area contributed by atoms with Crippen LogP contribution in [-0.2, 0) is 9.84 Å². The van der Waals surface area contributed by atoms with E-state index in [1.54, 1.807) is 0 Å². The average molecular weight is 234 g/mol. The second kappa shape index (κ2) is 5.27. The van der Waals surface area contributed by atoms with E-state index in [0.717, 1.165) is 6.54 Å². The zero-order chi connectivity index (χ0) is 11.5. The summed E-state index contributed by atoms with van der Waals surface area (Å²) in [5.41, 5.74) is 0. The molecule has 0 bridgehead atoms. The summed E-state index contributed by atoms with van der Waals surface area (Å²) in [6.07, 6.45) is 0. The van der Waals surface area contributed by atoms with Gasteiger partial charge in [-0.15, -0.1) is 0 Å². The van der Waals surface area contributed by atoms with Crippen LogP contribution in [0.3, 0.4) is 0 Å². The fourth-order valence-electron chi connectivity index (χ4n) is 1.70. The molecule has 0 spiro atoms. The molecule has 5 heteroatoms. The SMILES string of the molecule is CC(C)NCC(C)N1CCS(=O)(=O)CC1. The van der Waals surface area contributed by atoms with Gasteiger partial charge in [-0.2, -0.15) is 0 Å². The molecule has 0 aromatic carbocycles. The van der Waals surface area contributed by atoms with Crippen molar-refractivity contribution in [1.82, 2.24) is 10.2 Å². The summed E-state index contributed by atoms with van der Waals surface area (Å²) in [7, 11) is -2.74. The highest BCUT2D eigenvalue weighted by Gasteiger charge is 2.24. The Hall–Kier alpha value is -0.130. The highest BCUT2D eigenvalue weighted by molar-refractivity contribution is 7.91. The molecule has 1 rings (SSSR count). The van der Waals surface area contributed by atoms with Crippen molar-refractivity contribution >= 4 is 9.84 Å². The number of sulfone groups is 1. The topological polar surface area (TPSA) is 49.4 Å². The maximum Gasteiger partial charge on any atom is 0.152 e. The van der Waals surface area contributed by atoms with Gasteiger partial charge in [-0.25, -0.2) is 8.42 Å². The van der Waals surface area contributed by atoms with E-state index in [1.165, 1.54) is 0 Å². The zero-order valence-electron chi connectivity index (χ0n) is 9.86. The molecule has 1 saturated heterocycles. The van der Waals surface area contributed by atoms with Gasteiger partial charge in [0, 0.05) is 31.7 Å². The molecular weight excluding hydrogens is 212 g/mol. The van der Waals surface area contributed by atoms with E-state index in [4.69, 9.17) is 0 Å². The van der Waals surface area contributed by atoms with Crippen LogP contribution in [0.4, 0.5) is 0 Å². The lowest BCUT2D eigenvalue weighted by Gasteiger charge is -2.32. The zero-order valence-corrected chi connectivity index (χ0v) is 10.7. The minimum Gasteiger partial charge on any atom is -0.313 e. The van der Waals surface area contributed by atoms with Crippen LogP contribution in [0.1, 0.15) is 20.8 Å². The fraction of sp³-hybridized carbons (Fsp3) is 1.00. The number of hydrogen-bond acceptors (Lipinski definition) is 4. The Morgan fingerprint density at radius 1 is 1.20 bits per heavy atom. The Kier molecular flexibility index (Phi) is 4.55. The standard InChI is InChI=1S/C10H22N2O2S/c1-9(2)11-8-10(3)12-4-6-15(13,14)7-5-12/h9-11H,4-8H2,1-3H3. The maximum atomic E-state index is 11.2. The Morgan fingerprint density at radius 3 is 2.20 bits per heavy atom. The van der Waals surface area contributed by atoms with Crippen molar-refractivity contribution in [2.45, 2.75) is 32.9 Å². The van der Waals surface area contributed by atoms with E-state index < -0.39 is 9.84 Å². The molecule has 15 heavy (non-hydrogen) atoms. The van der Waals surface area contributed by atoms with Crippen LogP contribution in [0.25, 0.3) is 0 Å². The molecule has 1 aliphatic rings. The summed E-state index contributed by atoms with van der Waals surface area (Å²) in [5, 5.41) is 3.37. The summed E-state index contributed by atoms with van der Waals surface area (Å²) < 4.78 is 22.5. The van der Waals surface area contributed by atoms with Gasteiger partial charge in [-0.3, -0.25) is 4.90 Å². The van der Waals surface area contributed by atoms with Crippen LogP contribution in [0.5, 0.6) is 0 Å². The van der Waals surface area contributed by atoms with E-state index in [-0.39, 0.29) is 0 Å². The monoisotopic (exact) mass is 234 g/mol. The van der Waals surface area contributed by atoms with E-state index in [1.807, 2.05) is 0 Å². The Bertz CT molecular complexity index is 274. The average Bonchev–Trinajstić information content (AvgIpc) is 2.14. The Balaban J connectivity index is 2.33. The first-order valence-corrected chi connectivity index (χ1v) is 7.41. The lowest BCUT2D eigenvalue weighted by atomic mass is 10.2. The van der Waals surface area contributed by atoms with Crippen LogP contribution < -0.4 is 5.32 Å². The van der Waals surface area contributed by atoms with Gasteiger partial charge in [0.05, 0.1) is 11.5 Å². The fourth-order valence-corrected chi connectivity index (χ4v) is 2.93. The van der Waals surface area contributed by atoms with Crippen LogP contribution in [0.2, 0.25) is 0 Å². The molecule has 0 aromatic heterocycles. The van der Waals surface area contributed by atoms with E-state index in [2.05, 4.69) is 31.0 Å². The summed E-state index contributed by atoms with van der Waals surface area (Å²) in [4.78, 5) is 2.25. The smallest absolute Gasteiger partial charge is 0.152 e. The highest BCUT2D eigenvalue weighted by Crippen LogP contribution is 2.07. The Labute approximate surface area is 93.0 Å². The molecule has 0 aliphatic carbocycles. The first-order valence-electron chi connectivity index (χ1n) is 5.58. The van der Waals surface area contributed by atoms with Crippen LogP contribution >= 0.6 is 0 Å². The predicted molar refractivity (Wildman–Crippen MR) is 62.8 cm³/mol. The molecule has 4 nitrogen and oxygen atoms in total. The highest BCUT2D eigenvalue weighted by atomic mass is 32.2. The summed E-state index contributed by atoms with van der Waals surface area (Å²) >= 11 is 0. The van der Waals surface area contributed by atoms with Crippen LogP contribution in [0.15, 0.2) is 0 Å². The maximum absolute atomic E-state index is 11.2. The first kappa shape index (κ1) is 12.9. The molecule has 0 saturated carbocycles. The van der Waals surface area contributed by atoms with E-state index in [0.29, 0.717) is 36.7 Å². The van der Waals surface area contributed by atoms with Gasteiger partial charge in [-0.05, 0) is 6.92 Å². The lowest BCUT2D eigenvalue weighted by Crippen LogP contribution is -2.49. The summed E-state index contributed by atoms with van der Waals surface area (Å²) in [6.45, 7) is 8.68. The molecule has 1 unspecified atom stereocenters. The van der Waals surface area contributed by atoms with Crippen molar-refractivity contribution in [3.63, 3.8) is 0 Å². The van der Waals surface area contributed by atoms with Gasteiger partial charge in [0.25, 0.3) is 0 Å². The molecule has 1 fully saturated rings. The third-order valence-electron chi connectivity index (χ3n) is 2.82. The molecule has 1 N–H and O–H groups in total. The quantitative estimate of drug-likeness (QED) is 0.750. The van der Waals surface area contributed by atoms with Gasteiger partial charge < -0.3 is 5.32 Å². The van der Waals surface area contributed by atoms with Crippen molar-refractivity contribution < 1.29 is 8.42 Å². The molecule has 0 radical (unpaired) electrons. The third kappa shape index (κ3) is 4.49. The van der Waals surface area contributed by atoms with Gasteiger partial charge in [0.1, 0.15) is 0 Å². The van der Waals surface area contributed by atoms with Crippen LogP contribution in [-0.4, -0.2) is 56.5 Å². The molecular formula is C10H22N2O2S.